The first kappa shape index (κ1) is 16.6. The van der Waals surface area contributed by atoms with Crippen molar-refractivity contribution in [1.29, 1.82) is 0 Å². The minimum absolute atomic E-state index is 0.00491. The van der Waals surface area contributed by atoms with Crippen LogP contribution in [0, 0.1) is 0 Å². The molecular formula is C22H18N4O2. The molecule has 1 amide bonds. The van der Waals surface area contributed by atoms with Crippen molar-refractivity contribution >= 4 is 27.8 Å². The highest BCUT2D eigenvalue weighted by atomic mass is 16.5. The predicted octanol–water partition coefficient (Wildman–Crippen LogP) is 3.47. The molecular weight excluding hydrogens is 352 g/mol. The largest absolute Gasteiger partial charge is 0.486 e. The second-order valence-corrected chi connectivity index (χ2v) is 6.87. The highest BCUT2D eigenvalue weighted by molar-refractivity contribution is 5.97. The molecule has 6 heteroatoms. The Bertz CT molecular complexity index is 1170. The Hall–Kier alpha value is -3.54. The molecule has 3 heterocycles. The SMILES string of the molecule is O=C(c1ccc2nccnc2c1)N1CCC(Oc2cccc3cccnc23)C1. The van der Waals surface area contributed by atoms with Crippen LogP contribution < -0.4 is 4.74 Å². The highest BCUT2D eigenvalue weighted by Gasteiger charge is 2.29. The van der Waals surface area contributed by atoms with Crippen molar-refractivity contribution in [1.82, 2.24) is 19.9 Å². The van der Waals surface area contributed by atoms with Crippen molar-refractivity contribution in [3.05, 3.63) is 72.7 Å². The van der Waals surface area contributed by atoms with Gasteiger partial charge in [-0.15, -0.1) is 0 Å². The molecule has 5 rings (SSSR count). The molecule has 0 bridgehead atoms. The minimum Gasteiger partial charge on any atom is -0.486 e. The van der Waals surface area contributed by atoms with Gasteiger partial charge in [0.2, 0.25) is 0 Å². The monoisotopic (exact) mass is 370 g/mol. The number of hydrogen-bond acceptors (Lipinski definition) is 5. The summed E-state index contributed by atoms with van der Waals surface area (Å²) >= 11 is 0. The zero-order valence-electron chi connectivity index (χ0n) is 15.2. The maximum Gasteiger partial charge on any atom is 0.254 e. The summed E-state index contributed by atoms with van der Waals surface area (Å²) in [5.41, 5.74) is 2.98. The van der Waals surface area contributed by atoms with Crippen LogP contribution in [0.4, 0.5) is 0 Å². The van der Waals surface area contributed by atoms with Crippen LogP contribution in [0.15, 0.2) is 67.1 Å². The fraction of sp³-hybridized carbons (Fsp3) is 0.182. The van der Waals surface area contributed by atoms with Crippen LogP contribution in [0.2, 0.25) is 0 Å². The first-order valence-corrected chi connectivity index (χ1v) is 9.28. The Balaban J connectivity index is 1.33. The lowest BCUT2D eigenvalue weighted by molar-refractivity contribution is 0.0773. The third-order valence-electron chi connectivity index (χ3n) is 5.04. The van der Waals surface area contributed by atoms with Gasteiger partial charge < -0.3 is 9.64 Å². The summed E-state index contributed by atoms with van der Waals surface area (Å²) < 4.78 is 6.20. The molecule has 138 valence electrons. The van der Waals surface area contributed by atoms with Crippen molar-refractivity contribution in [2.24, 2.45) is 0 Å². The van der Waals surface area contributed by atoms with Gasteiger partial charge in [-0.25, -0.2) is 0 Å². The normalized spacial score (nSPS) is 16.6. The summed E-state index contributed by atoms with van der Waals surface area (Å²) in [7, 11) is 0. The van der Waals surface area contributed by atoms with E-state index in [1.54, 1.807) is 24.7 Å². The molecule has 6 nitrogen and oxygen atoms in total. The Morgan fingerprint density at radius 1 is 0.964 bits per heavy atom. The average Bonchev–Trinajstić information content (AvgIpc) is 3.22. The zero-order valence-corrected chi connectivity index (χ0v) is 15.2. The first-order chi connectivity index (χ1) is 13.8. The second kappa shape index (κ2) is 6.88. The third-order valence-corrected chi connectivity index (χ3v) is 5.04. The van der Waals surface area contributed by atoms with E-state index in [4.69, 9.17) is 4.74 Å². The third kappa shape index (κ3) is 3.03. The molecule has 1 unspecified atom stereocenters. The summed E-state index contributed by atoms with van der Waals surface area (Å²) in [5, 5.41) is 1.04. The van der Waals surface area contributed by atoms with E-state index in [0.717, 1.165) is 34.1 Å². The van der Waals surface area contributed by atoms with E-state index in [1.165, 1.54) is 0 Å². The van der Waals surface area contributed by atoms with Crippen molar-refractivity contribution in [2.75, 3.05) is 13.1 Å². The lowest BCUT2D eigenvalue weighted by Gasteiger charge is -2.18. The summed E-state index contributed by atoms with van der Waals surface area (Å²) in [6.07, 6.45) is 5.80. The molecule has 0 spiro atoms. The van der Waals surface area contributed by atoms with Crippen LogP contribution in [0.1, 0.15) is 16.8 Å². The van der Waals surface area contributed by atoms with Gasteiger partial charge in [-0.2, -0.15) is 0 Å². The molecule has 1 aliphatic heterocycles. The van der Waals surface area contributed by atoms with Gasteiger partial charge in [0.1, 0.15) is 17.4 Å². The zero-order chi connectivity index (χ0) is 18.9. The number of carbonyl (C=O) groups is 1. The van der Waals surface area contributed by atoms with Crippen molar-refractivity contribution in [3.63, 3.8) is 0 Å². The number of para-hydroxylation sites is 1. The molecule has 1 aliphatic rings. The summed E-state index contributed by atoms with van der Waals surface area (Å²) in [6.45, 7) is 1.22. The molecule has 28 heavy (non-hydrogen) atoms. The molecule has 1 saturated heterocycles. The number of benzene rings is 2. The number of amides is 1. The van der Waals surface area contributed by atoms with E-state index >= 15 is 0 Å². The molecule has 1 atom stereocenters. The molecule has 0 saturated carbocycles. The molecule has 0 radical (unpaired) electrons. The molecule has 0 aliphatic carbocycles. The molecule has 2 aromatic carbocycles. The maximum atomic E-state index is 12.9. The Labute approximate surface area is 161 Å². The van der Waals surface area contributed by atoms with Crippen LogP contribution in [-0.2, 0) is 0 Å². The summed E-state index contributed by atoms with van der Waals surface area (Å²) in [4.78, 5) is 27.7. The van der Waals surface area contributed by atoms with Crippen molar-refractivity contribution in [3.8, 4) is 5.75 Å². The molecule has 0 N–H and O–H groups in total. The minimum atomic E-state index is -0.0446. The lowest BCUT2D eigenvalue weighted by Crippen LogP contribution is -2.31. The number of likely N-dealkylation sites (tertiary alicyclic amines) is 1. The van der Waals surface area contributed by atoms with Gasteiger partial charge >= 0.3 is 0 Å². The van der Waals surface area contributed by atoms with Crippen LogP contribution >= 0.6 is 0 Å². The van der Waals surface area contributed by atoms with E-state index in [1.807, 2.05) is 47.4 Å². The van der Waals surface area contributed by atoms with Gasteiger partial charge in [0.15, 0.2) is 0 Å². The van der Waals surface area contributed by atoms with Gasteiger partial charge in [-0.1, -0.05) is 18.2 Å². The van der Waals surface area contributed by atoms with E-state index in [2.05, 4.69) is 15.0 Å². The number of pyridine rings is 1. The first-order valence-electron chi connectivity index (χ1n) is 9.28. The van der Waals surface area contributed by atoms with Crippen molar-refractivity contribution < 1.29 is 9.53 Å². The smallest absolute Gasteiger partial charge is 0.254 e. The Morgan fingerprint density at radius 2 is 1.82 bits per heavy atom. The predicted molar refractivity (Wildman–Crippen MR) is 106 cm³/mol. The van der Waals surface area contributed by atoms with E-state index in [-0.39, 0.29) is 12.0 Å². The number of aromatic nitrogens is 3. The number of fused-ring (bicyclic) bond motifs is 2. The van der Waals surface area contributed by atoms with E-state index in [0.29, 0.717) is 18.7 Å². The number of rotatable bonds is 3. The van der Waals surface area contributed by atoms with E-state index < -0.39 is 0 Å². The standard InChI is InChI=1S/C22H18N4O2/c27-22(16-6-7-18-19(13-16)24-11-10-23-18)26-12-8-17(14-26)28-20-5-1-3-15-4-2-9-25-21(15)20/h1-7,9-11,13,17H,8,12,14H2. The lowest BCUT2D eigenvalue weighted by atomic mass is 10.1. The van der Waals surface area contributed by atoms with Gasteiger partial charge in [0.25, 0.3) is 5.91 Å². The number of ether oxygens (including phenoxy) is 1. The number of carbonyl (C=O) groups excluding carboxylic acids is 1. The van der Waals surface area contributed by atoms with Crippen LogP contribution in [0.3, 0.4) is 0 Å². The topological polar surface area (TPSA) is 68.2 Å². The van der Waals surface area contributed by atoms with Gasteiger partial charge in [-0.3, -0.25) is 19.7 Å². The van der Waals surface area contributed by atoms with Crippen LogP contribution in [-0.4, -0.2) is 45.0 Å². The van der Waals surface area contributed by atoms with E-state index in [9.17, 15) is 4.79 Å². The van der Waals surface area contributed by atoms with Crippen LogP contribution in [0.25, 0.3) is 21.9 Å². The number of hydrogen-bond donors (Lipinski definition) is 0. The molecule has 1 fully saturated rings. The Morgan fingerprint density at radius 3 is 2.75 bits per heavy atom. The fourth-order valence-electron chi connectivity index (χ4n) is 3.64. The summed E-state index contributed by atoms with van der Waals surface area (Å²) in [5.74, 6) is 0.757. The van der Waals surface area contributed by atoms with Gasteiger partial charge in [0.05, 0.1) is 17.6 Å². The summed E-state index contributed by atoms with van der Waals surface area (Å²) in [6, 6.07) is 15.3. The highest BCUT2D eigenvalue weighted by Crippen LogP contribution is 2.26. The quantitative estimate of drug-likeness (QED) is 0.552. The van der Waals surface area contributed by atoms with Crippen LogP contribution in [0.5, 0.6) is 5.75 Å². The molecule has 2 aromatic heterocycles. The maximum absolute atomic E-state index is 12.9. The fourth-order valence-corrected chi connectivity index (χ4v) is 3.64. The Kier molecular flexibility index (Phi) is 4.09. The van der Waals surface area contributed by atoms with Gasteiger partial charge in [0, 0.05) is 42.5 Å². The molecule has 4 aromatic rings. The van der Waals surface area contributed by atoms with Gasteiger partial charge in [-0.05, 0) is 30.3 Å². The van der Waals surface area contributed by atoms with Crippen molar-refractivity contribution in [2.45, 2.75) is 12.5 Å². The average molecular weight is 370 g/mol. The second-order valence-electron chi connectivity index (χ2n) is 6.87. The number of nitrogens with zero attached hydrogens (tertiary/aromatic N) is 4.